The lowest BCUT2D eigenvalue weighted by Crippen LogP contribution is -2.47. The molecule has 8 heteroatoms. The molecular formula is C18H27N3O4S. The van der Waals surface area contributed by atoms with Gasteiger partial charge in [-0.3, -0.25) is 9.69 Å². The van der Waals surface area contributed by atoms with Crippen LogP contribution in [0, 0.1) is 0 Å². The lowest BCUT2D eigenvalue weighted by atomic mass is 10.1. The molecule has 2 heterocycles. The molecule has 1 amide bonds. The minimum Gasteiger partial charge on any atom is -0.376 e. The first-order valence-corrected chi connectivity index (χ1v) is 10.9. The van der Waals surface area contributed by atoms with Crippen molar-refractivity contribution >= 4 is 15.9 Å². The number of sulfonamides is 1. The van der Waals surface area contributed by atoms with Gasteiger partial charge in [0.25, 0.3) is 5.91 Å². The maximum absolute atomic E-state index is 12.2. The van der Waals surface area contributed by atoms with Crippen LogP contribution in [-0.2, 0) is 21.3 Å². The van der Waals surface area contributed by atoms with Gasteiger partial charge >= 0.3 is 0 Å². The van der Waals surface area contributed by atoms with Crippen molar-refractivity contribution in [3.63, 3.8) is 0 Å². The largest absolute Gasteiger partial charge is 0.376 e. The van der Waals surface area contributed by atoms with Gasteiger partial charge in [-0.25, -0.2) is 8.42 Å². The number of carbonyl (C=O) groups excluding carboxylic acids is 1. The van der Waals surface area contributed by atoms with Crippen LogP contribution in [0.1, 0.15) is 28.8 Å². The Labute approximate surface area is 155 Å². The Kier molecular flexibility index (Phi) is 6.29. The molecule has 7 nitrogen and oxygen atoms in total. The van der Waals surface area contributed by atoms with Crippen LogP contribution in [-0.4, -0.2) is 75.2 Å². The van der Waals surface area contributed by atoms with E-state index in [1.54, 1.807) is 0 Å². The Morgan fingerprint density at radius 3 is 2.46 bits per heavy atom. The van der Waals surface area contributed by atoms with Crippen LogP contribution in [0.15, 0.2) is 24.3 Å². The minimum atomic E-state index is -3.10. The molecule has 0 saturated carbocycles. The van der Waals surface area contributed by atoms with E-state index in [9.17, 15) is 13.2 Å². The predicted molar refractivity (Wildman–Crippen MR) is 99.4 cm³/mol. The fraction of sp³-hybridized carbons (Fsp3) is 0.611. The van der Waals surface area contributed by atoms with E-state index >= 15 is 0 Å². The minimum absolute atomic E-state index is 0.0752. The van der Waals surface area contributed by atoms with Crippen LogP contribution in [0.25, 0.3) is 0 Å². The summed E-state index contributed by atoms with van der Waals surface area (Å²) in [5.41, 5.74) is 1.77. The Morgan fingerprint density at radius 1 is 1.19 bits per heavy atom. The van der Waals surface area contributed by atoms with E-state index in [0.29, 0.717) is 25.2 Å². The number of piperazine rings is 1. The van der Waals surface area contributed by atoms with E-state index in [0.717, 1.165) is 44.6 Å². The van der Waals surface area contributed by atoms with Gasteiger partial charge in [0.2, 0.25) is 10.0 Å². The van der Waals surface area contributed by atoms with Gasteiger partial charge in [0.05, 0.1) is 12.4 Å². The van der Waals surface area contributed by atoms with Crippen molar-refractivity contribution in [2.75, 3.05) is 45.6 Å². The second kappa shape index (κ2) is 8.47. The second-order valence-electron chi connectivity index (χ2n) is 6.98. The quantitative estimate of drug-likeness (QED) is 0.784. The molecule has 1 aromatic carbocycles. The van der Waals surface area contributed by atoms with Gasteiger partial charge in [0.1, 0.15) is 0 Å². The highest BCUT2D eigenvalue weighted by atomic mass is 32.2. The number of nitrogens with one attached hydrogen (secondary N) is 1. The zero-order valence-electron chi connectivity index (χ0n) is 15.2. The molecule has 0 aliphatic carbocycles. The van der Waals surface area contributed by atoms with E-state index in [1.807, 2.05) is 24.3 Å². The van der Waals surface area contributed by atoms with E-state index in [1.165, 1.54) is 10.6 Å². The molecule has 2 aliphatic heterocycles. The summed E-state index contributed by atoms with van der Waals surface area (Å²) in [6.07, 6.45) is 3.47. The standard InChI is InChI=1S/C18H27N3O4S/c1-26(23,24)21-10-8-20(9-11-21)14-15-4-6-16(7-5-15)18(22)19-13-17-3-2-12-25-17/h4-7,17H,2-3,8-14H2,1H3,(H,19,22). The average molecular weight is 381 g/mol. The molecule has 1 unspecified atom stereocenters. The number of carbonyl (C=O) groups is 1. The number of amides is 1. The summed E-state index contributed by atoms with van der Waals surface area (Å²) in [7, 11) is -3.10. The molecule has 0 bridgehead atoms. The SMILES string of the molecule is CS(=O)(=O)N1CCN(Cc2ccc(C(=O)NCC3CCCO3)cc2)CC1. The van der Waals surface area contributed by atoms with Gasteiger partial charge in [0.15, 0.2) is 0 Å². The lowest BCUT2D eigenvalue weighted by Gasteiger charge is -2.33. The van der Waals surface area contributed by atoms with Crippen LogP contribution < -0.4 is 5.32 Å². The Morgan fingerprint density at radius 2 is 1.88 bits per heavy atom. The Bertz CT molecular complexity index is 706. The molecule has 1 atom stereocenters. The third-order valence-electron chi connectivity index (χ3n) is 4.94. The summed E-state index contributed by atoms with van der Waals surface area (Å²) in [6, 6.07) is 7.60. The zero-order valence-corrected chi connectivity index (χ0v) is 16.0. The van der Waals surface area contributed by atoms with Gasteiger partial charge in [0, 0.05) is 51.4 Å². The maximum Gasteiger partial charge on any atom is 0.251 e. The summed E-state index contributed by atoms with van der Waals surface area (Å²) in [5.74, 6) is -0.0752. The van der Waals surface area contributed by atoms with Crippen LogP contribution in [0.5, 0.6) is 0 Å². The number of ether oxygens (including phenoxy) is 1. The first-order valence-electron chi connectivity index (χ1n) is 9.08. The van der Waals surface area contributed by atoms with Crippen molar-refractivity contribution in [2.45, 2.75) is 25.5 Å². The van der Waals surface area contributed by atoms with Crippen molar-refractivity contribution in [2.24, 2.45) is 0 Å². The molecule has 144 valence electrons. The Balaban J connectivity index is 1.46. The summed E-state index contributed by atoms with van der Waals surface area (Å²) >= 11 is 0. The third kappa shape index (κ3) is 5.26. The van der Waals surface area contributed by atoms with E-state index in [2.05, 4.69) is 10.2 Å². The Hall–Kier alpha value is -1.48. The second-order valence-corrected chi connectivity index (χ2v) is 8.96. The normalized spacial score (nSPS) is 22.4. The number of rotatable bonds is 6. The van der Waals surface area contributed by atoms with Crippen molar-refractivity contribution in [3.8, 4) is 0 Å². The maximum atomic E-state index is 12.2. The predicted octanol–water partition coefficient (Wildman–Crippen LogP) is 0.673. The number of hydrogen-bond donors (Lipinski definition) is 1. The molecular weight excluding hydrogens is 354 g/mol. The van der Waals surface area contributed by atoms with Crippen molar-refractivity contribution in [3.05, 3.63) is 35.4 Å². The number of nitrogens with zero attached hydrogens (tertiary/aromatic N) is 2. The average Bonchev–Trinajstić information content (AvgIpc) is 3.13. The number of hydrogen-bond acceptors (Lipinski definition) is 5. The van der Waals surface area contributed by atoms with E-state index < -0.39 is 10.0 Å². The van der Waals surface area contributed by atoms with Crippen LogP contribution in [0.2, 0.25) is 0 Å². The van der Waals surface area contributed by atoms with Gasteiger partial charge in [-0.2, -0.15) is 4.31 Å². The summed E-state index contributed by atoms with van der Waals surface area (Å²) in [5, 5.41) is 2.92. The molecule has 3 rings (SSSR count). The molecule has 2 fully saturated rings. The molecule has 2 saturated heterocycles. The highest BCUT2D eigenvalue weighted by Gasteiger charge is 2.23. The summed E-state index contributed by atoms with van der Waals surface area (Å²) in [6.45, 7) is 4.60. The fourth-order valence-corrected chi connectivity index (χ4v) is 4.18. The summed E-state index contributed by atoms with van der Waals surface area (Å²) in [4.78, 5) is 14.4. The van der Waals surface area contributed by atoms with Crippen LogP contribution in [0.4, 0.5) is 0 Å². The lowest BCUT2D eigenvalue weighted by molar-refractivity contribution is 0.0857. The molecule has 0 spiro atoms. The van der Waals surface area contributed by atoms with Crippen molar-refractivity contribution < 1.29 is 17.9 Å². The molecule has 2 aliphatic rings. The van der Waals surface area contributed by atoms with E-state index in [-0.39, 0.29) is 12.0 Å². The third-order valence-corrected chi connectivity index (χ3v) is 6.24. The number of benzene rings is 1. The first kappa shape index (κ1) is 19.3. The molecule has 1 aromatic rings. The topological polar surface area (TPSA) is 79.0 Å². The van der Waals surface area contributed by atoms with Crippen molar-refractivity contribution in [1.82, 2.24) is 14.5 Å². The molecule has 1 N–H and O–H groups in total. The van der Waals surface area contributed by atoms with Gasteiger partial charge in [-0.15, -0.1) is 0 Å². The van der Waals surface area contributed by atoms with Gasteiger partial charge in [-0.05, 0) is 30.5 Å². The van der Waals surface area contributed by atoms with Crippen LogP contribution >= 0.6 is 0 Å². The van der Waals surface area contributed by atoms with Gasteiger partial charge in [-0.1, -0.05) is 12.1 Å². The monoisotopic (exact) mass is 381 g/mol. The highest BCUT2D eigenvalue weighted by molar-refractivity contribution is 7.88. The summed E-state index contributed by atoms with van der Waals surface area (Å²) < 4.78 is 30.1. The zero-order chi connectivity index (χ0) is 18.6. The highest BCUT2D eigenvalue weighted by Crippen LogP contribution is 2.13. The first-order chi connectivity index (χ1) is 12.4. The molecule has 0 aromatic heterocycles. The molecule has 0 radical (unpaired) electrons. The smallest absolute Gasteiger partial charge is 0.251 e. The van der Waals surface area contributed by atoms with Crippen molar-refractivity contribution in [1.29, 1.82) is 0 Å². The van der Waals surface area contributed by atoms with Gasteiger partial charge < -0.3 is 10.1 Å². The fourth-order valence-electron chi connectivity index (χ4n) is 3.35. The van der Waals surface area contributed by atoms with E-state index in [4.69, 9.17) is 4.74 Å². The molecule has 26 heavy (non-hydrogen) atoms. The van der Waals surface area contributed by atoms with Crippen LogP contribution in [0.3, 0.4) is 0 Å².